The first kappa shape index (κ1) is 14.8. The van der Waals surface area contributed by atoms with Crippen LogP contribution >= 0.6 is 0 Å². The molecule has 1 unspecified atom stereocenters. The molecular weight excluding hydrogens is 234 g/mol. The molecule has 0 saturated heterocycles. The van der Waals surface area contributed by atoms with Gasteiger partial charge in [-0.05, 0) is 6.92 Å². The molecule has 96 valence electrons. The third-order valence-electron chi connectivity index (χ3n) is 1.49. The van der Waals surface area contributed by atoms with E-state index in [1.54, 1.807) is 0 Å². The highest BCUT2D eigenvalue weighted by atomic mass is 16.5. The zero-order chi connectivity index (χ0) is 13.4. The molecule has 0 aliphatic carbocycles. The van der Waals surface area contributed by atoms with Gasteiger partial charge in [-0.25, -0.2) is 9.59 Å². The van der Waals surface area contributed by atoms with Gasteiger partial charge in [-0.3, -0.25) is 14.9 Å². The molecule has 0 aliphatic heterocycles. The third-order valence-corrected chi connectivity index (χ3v) is 1.49. The predicted octanol–water partition coefficient (Wildman–Crippen LogP) is -2.21. The lowest BCUT2D eigenvalue weighted by atomic mass is 10.3. The van der Waals surface area contributed by atoms with Crippen LogP contribution in [0.25, 0.3) is 0 Å². The Bertz CT molecular complexity index is 329. The molecule has 0 saturated carbocycles. The summed E-state index contributed by atoms with van der Waals surface area (Å²) in [6.45, 7) is 0.116. The summed E-state index contributed by atoms with van der Waals surface area (Å²) in [4.78, 5) is 42.6. The number of nitrogens with two attached hydrogens (primary N) is 1. The number of carbonyl (C=O) groups excluding carboxylic acids is 3. The van der Waals surface area contributed by atoms with E-state index in [1.165, 1.54) is 6.92 Å². The number of rotatable bonds is 6. The Morgan fingerprint density at radius 2 is 1.88 bits per heavy atom. The Hall–Kier alpha value is -2.16. The van der Waals surface area contributed by atoms with Crippen molar-refractivity contribution in [3.05, 3.63) is 0 Å². The van der Waals surface area contributed by atoms with Crippen molar-refractivity contribution in [2.45, 2.75) is 13.0 Å². The SMILES string of the molecule is CC(NC(=O)NC(=O)COCC(=O)O)C(N)=O. The average Bonchev–Trinajstić information content (AvgIpc) is 2.16. The Balaban J connectivity index is 3.84. The number of imide groups is 1. The minimum atomic E-state index is -1.23. The van der Waals surface area contributed by atoms with Crippen LogP contribution in [0.3, 0.4) is 0 Å². The molecule has 0 aromatic heterocycles. The molecule has 0 aromatic rings. The van der Waals surface area contributed by atoms with Crippen molar-refractivity contribution in [3.63, 3.8) is 0 Å². The third kappa shape index (κ3) is 7.73. The molecule has 0 bridgehead atoms. The molecule has 0 aliphatic rings. The van der Waals surface area contributed by atoms with Crippen molar-refractivity contribution in [3.8, 4) is 0 Å². The summed E-state index contributed by atoms with van der Waals surface area (Å²) in [6.07, 6.45) is 0. The number of carbonyl (C=O) groups is 4. The van der Waals surface area contributed by atoms with Crippen molar-refractivity contribution in [2.24, 2.45) is 5.73 Å². The second-order valence-corrected chi connectivity index (χ2v) is 3.03. The Morgan fingerprint density at radius 1 is 1.29 bits per heavy atom. The van der Waals surface area contributed by atoms with Gasteiger partial charge in [0.1, 0.15) is 19.3 Å². The normalized spacial score (nSPS) is 11.4. The Labute approximate surface area is 96.3 Å². The summed E-state index contributed by atoms with van der Waals surface area (Å²) in [5.41, 5.74) is 4.87. The average molecular weight is 247 g/mol. The molecule has 0 aromatic carbocycles. The topological polar surface area (TPSA) is 148 Å². The minimum Gasteiger partial charge on any atom is -0.480 e. The van der Waals surface area contributed by atoms with Gasteiger partial charge in [0.25, 0.3) is 5.91 Å². The number of primary amides is 1. The van der Waals surface area contributed by atoms with Crippen LogP contribution in [-0.2, 0) is 19.1 Å². The number of aliphatic carboxylic acids is 1. The van der Waals surface area contributed by atoms with E-state index in [4.69, 9.17) is 10.8 Å². The number of ether oxygens (including phenoxy) is 1. The highest BCUT2D eigenvalue weighted by Crippen LogP contribution is 1.80. The minimum absolute atomic E-state index is 0.579. The second kappa shape index (κ2) is 7.17. The maximum Gasteiger partial charge on any atom is 0.329 e. The fourth-order valence-electron chi connectivity index (χ4n) is 0.698. The number of nitrogens with one attached hydrogen (secondary N) is 2. The Kier molecular flexibility index (Phi) is 6.26. The number of amides is 4. The molecule has 0 heterocycles. The van der Waals surface area contributed by atoms with Crippen molar-refractivity contribution in [2.75, 3.05) is 13.2 Å². The van der Waals surface area contributed by atoms with E-state index < -0.39 is 43.1 Å². The summed E-state index contributed by atoms with van der Waals surface area (Å²) in [7, 11) is 0. The van der Waals surface area contributed by atoms with Gasteiger partial charge in [0.2, 0.25) is 5.91 Å². The fraction of sp³-hybridized carbons (Fsp3) is 0.500. The molecule has 1 atom stereocenters. The molecule has 0 radical (unpaired) electrons. The first-order valence-electron chi connectivity index (χ1n) is 4.52. The van der Waals surface area contributed by atoms with Crippen LogP contribution in [0, 0.1) is 0 Å². The van der Waals surface area contributed by atoms with Crippen LogP contribution in [-0.4, -0.2) is 48.2 Å². The van der Waals surface area contributed by atoms with Crippen molar-refractivity contribution < 1.29 is 29.0 Å². The van der Waals surface area contributed by atoms with Crippen LogP contribution in [0.5, 0.6) is 0 Å². The zero-order valence-corrected chi connectivity index (χ0v) is 9.06. The molecule has 9 heteroatoms. The summed E-state index contributed by atoms with van der Waals surface area (Å²) >= 11 is 0. The quantitative estimate of drug-likeness (QED) is 0.418. The lowest BCUT2D eigenvalue weighted by molar-refractivity contribution is -0.143. The van der Waals surface area contributed by atoms with Crippen LogP contribution < -0.4 is 16.4 Å². The summed E-state index contributed by atoms with van der Waals surface area (Å²) in [5, 5.41) is 12.1. The monoisotopic (exact) mass is 247 g/mol. The molecule has 9 nitrogen and oxygen atoms in total. The van der Waals surface area contributed by atoms with Crippen LogP contribution in [0.15, 0.2) is 0 Å². The number of urea groups is 1. The second-order valence-electron chi connectivity index (χ2n) is 3.03. The lowest BCUT2D eigenvalue weighted by Crippen LogP contribution is -2.49. The van der Waals surface area contributed by atoms with Gasteiger partial charge >= 0.3 is 12.0 Å². The van der Waals surface area contributed by atoms with Crippen LogP contribution in [0.4, 0.5) is 4.79 Å². The van der Waals surface area contributed by atoms with Gasteiger partial charge in [0.05, 0.1) is 0 Å². The summed E-state index contributed by atoms with van der Waals surface area (Å²) in [6, 6.07) is -1.84. The van der Waals surface area contributed by atoms with Gasteiger partial charge in [-0.1, -0.05) is 0 Å². The predicted molar refractivity (Wildman–Crippen MR) is 53.8 cm³/mol. The van der Waals surface area contributed by atoms with E-state index in [2.05, 4.69) is 10.1 Å². The zero-order valence-electron chi connectivity index (χ0n) is 9.06. The van der Waals surface area contributed by atoms with Crippen LogP contribution in [0.1, 0.15) is 6.92 Å². The molecule has 0 fully saturated rings. The maximum absolute atomic E-state index is 11.0. The van der Waals surface area contributed by atoms with Crippen molar-refractivity contribution in [1.82, 2.24) is 10.6 Å². The smallest absolute Gasteiger partial charge is 0.329 e. The molecule has 0 spiro atoms. The number of hydrogen-bond acceptors (Lipinski definition) is 5. The fourth-order valence-corrected chi connectivity index (χ4v) is 0.698. The van der Waals surface area contributed by atoms with E-state index in [0.29, 0.717) is 0 Å². The first-order chi connectivity index (χ1) is 7.82. The van der Waals surface area contributed by atoms with Crippen molar-refractivity contribution in [1.29, 1.82) is 0 Å². The molecule has 17 heavy (non-hydrogen) atoms. The van der Waals surface area contributed by atoms with E-state index in [9.17, 15) is 19.2 Å². The first-order valence-corrected chi connectivity index (χ1v) is 4.52. The molecule has 5 N–H and O–H groups in total. The molecule has 0 rings (SSSR count). The van der Waals surface area contributed by atoms with E-state index in [-0.39, 0.29) is 0 Å². The van der Waals surface area contributed by atoms with Crippen LogP contribution in [0.2, 0.25) is 0 Å². The van der Waals surface area contributed by atoms with Gasteiger partial charge < -0.3 is 20.9 Å². The van der Waals surface area contributed by atoms with Gasteiger partial charge in [0, 0.05) is 0 Å². The molecule has 4 amide bonds. The summed E-state index contributed by atoms with van der Waals surface area (Å²) < 4.78 is 4.43. The van der Waals surface area contributed by atoms with E-state index in [0.717, 1.165) is 0 Å². The van der Waals surface area contributed by atoms with E-state index in [1.807, 2.05) is 5.32 Å². The standard InChI is InChI=1S/C8H13N3O6/c1-4(7(9)15)10-8(16)11-5(12)2-17-3-6(13)14/h4H,2-3H2,1H3,(H2,9,15)(H,13,14)(H2,10,11,12,16). The van der Waals surface area contributed by atoms with Gasteiger partial charge in [0.15, 0.2) is 0 Å². The number of carboxylic acids is 1. The molecular formula is C8H13N3O6. The Morgan fingerprint density at radius 3 is 2.35 bits per heavy atom. The van der Waals surface area contributed by atoms with E-state index >= 15 is 0 Å². The lowest BCUT2D eigenvalue weighted by Gasteiger charge is -2.10. The highest BCUT2D eigenvalue weighted by Gasteiger charge is 2.14. The maximum atomic E-state index is 11.0. The number of hydrogen-bond donors (Lipinski definition) is 4. The number of carboxylic acid groups (broad SMARTS) is 1. The van der Waals surface area contributed by atoms with Gasteiger partial charge in [-0.2, -0.15) is 0 Å². The van der Waals surface area contributed by atoms with Gasteiger partial charge in [-0.15, -0.1) is 0 Å². The summed E-state index contributed by atoms with van der Waals surface area (Å²) in [5.74, 6) is -2.82. The highest BCUT2D eigenvalue weighted by molar-refractivity contribution is 5.96. The largest absolute Gasteiger partial charge is 0.480 e. The van der Waals surface area contributed by atoms with Crippen molar-refractivity contribution >= 4 is 23.8 Å².